The van der Waals surface area contributed by atoms with Gasteiger partial charge < -0.3 is 4.74 Å². The molecule has 1 N–H and O–H groups in total. The number of aromatic nitrogens is 1. The molecule has 4 heteroatoms. The van der Waals surface area contributed by atoms with Crippen LogP contribution in [0.1, 0.15) is 26.3 Å². The molecule has 0 aliphatic heterocycles. The van der Waals surface area contributed by atoms with Gasteiger partial charge in [-0.25, -0.2) is 9.78 Å². The fourth-order valence-electron chi connectivity index (χ4n) is 1.12. The van der Waals surface area contributed by atoms with Crippen LogP contribution in [0.4, 0.5) is 10.6 Å². The van der Waals surface area contributed by atoms with Crippen LogP contribution >= 0.6 is 0 Å². The summed E-state index contributed by atoms with van der Waals surface area (Å²) in [7, 11) is 1.32. The smallest absolute Gasteiger partial charge is 0.412 e. The van der Waals surface area contributed by atoms with Crippen molar-refractivity contribution in [3.8, 4) is 0 Å². The van der Waals surface area contributed by atoms with Crippen LogP contribution < -0.4 is 5.32 Å². The molecule has 0 aliphatic rings. The molecule has 0 spiro atoms. The summed E-state index contributed by atoms with van der Waals surface area (Å²) in [5, 5.41) is 2.53. The molecule has 4 nitrogen and oxygen atoms in total. The highest BCUT2D eigenvalue weighted by Crippen LogP contribution is 2.23. The van der Waals surface area contributed by atoms with Gasteiger partial charge in [0.1, 0.15) is 5.82 Å². The number of pyridine rings is 1. The first-order valence-electron chi connectivity index (χ1n) is 4.75. The van der Waals surface area contributed by atoms with Crippen molar-refractivity contribution in [1.82, 2.24) is 4.98 Å². The average Bonchev–Trinajstić information content (AvgIpc) is 2.17. The third-order valence-corrected chi connectivity index (χ3v) is 2.04. The number of hydrogen-bond donors (Lipinski definition) is 1. The summed E-state index contributed by atoms with van der Waals surface area (Å²) in [6.07, 6.45) is 1.17. The van der Waals surface area contributed by atoms with Crippen molar-refractivity contribution < 1.29 is 9.53 Å². The molecule has 1 rings (SSSR count). The molecule has 1 aromatic heterocycles. The number of ether oxygens (including phenoxy) is 1. The zero-order chi connectivity index (χ0) is 11.5. The van der Waals surface area contributed by atoms with Gasteiger partial charge in [0.15, 0.2) is 0 Å². The lowest BCUT2D eigenvalue weighted by atomic mass is 9.88. The van der Waals surface area contributed by atoms with E-state index in [2.05, 4.69) is 35.8 Å². The maximum Gasteiger partial charge on any atom is 0.412 e. The van der Waals surface area contributed by atoms with E-state index in [9.17, 15) is 4.79 Å². The van der Waals surface area contributed by atoms with Crippen molar-refractivity contribution in [3.05, 3.63) is 23.9 Å². The summed E-state index contributed by atoms with van der Waals surface area (Å²) in [6.45, 7) is 6.30. The fourth-order valence-corrected chi connectivity index (χ4v) is 1.12. The van der Waals surface area contributed by atoms with Crippen LogP contribution in [0.5, 0.6) is 0 Å². The second-order valence-corrected chi connectivity index (χ2v) is 4.30. The molecule has 0 fully saturated rings. The van der Waals surface area contributed by atoms with Crippen LogP contribution in [-0.2, 0) is 10.2 Å². The molecule has 0 radical (unpaired) electrons. The molecule has 0 atom stereocenters. The van der Waals surface area contributed by atoms with E-state index in [4.69, 9.17) is 0 Å². The Hall–Kier alpha value is -1.58. The van der Waals surface area contributed by atoms with Gasteiger partial charge in [0.2, 0.25) is 0 Å². The van der Waals surface area contributed by atoms with Crippen molar-refractivity contribution in [2.24, 2.45) is 0 Å². The van der Waals surface area contributed by atoms with Crippen LogP contribution in [-0.4, -0.2) is 18.2 Å². The Labute approximate surface area is 89.7 Å². The maximum absolute atomic E-state index is 11.0. The summed E-state index contributed by atoms with van der Waals surface area (Å²) in [6, 6.07) is 3.78. The summed E-state index contributed by atoms with van der Waals surface area (Å²) in [4.78, 5) is 15.0. The second-order valence-electron chi connectivity index (χ2n) is 4.30. The monoisotopic (exact) mass is 208 g/mol. The molecular weight excluding hydrogens is 192 g/mol. The van der Waals surface area contributed by atoms with Crippen LogP contribution in [0.15, 0.2) is 18.3 Å². The number of carbonyl (C=O) groups excluding carboxylic acids is 1. The summed E-state index contributed by atoms with van der Waals surface area (Å²) in [5.74, 6) is 0.509. The van der Waals surface area contributed by atoms with Crippen molar-refractivity contribution in [1.29, 1.82) is 0 Å². The minimum absolute atomic E-state index is 0.0372. The van der Waals surface area contributed by atoms with Gasteiger partial charge in [-0.1, -0.05) is 20.8 Å². The molecule has 0 aliphatic carbocycles. The Morgan fingerprint density at radius 3 is 2.67 bits per heavy atom. The highest BCUT2D eigenvalue weighted by Gasteiger charge is 2.14. The molecule has 0 aromatic carbocycles. The van der Waals surface area contributed by atoms with Crippen molar-refractivity contribution >= 4 is 11.9 Å². The standard InChI is InChI=1S/C11H16N2O2/c1-11(2,3)8-5-6-12-9(7-8)13-10(14)15-4/h5-7H,1-4H3,(H,12,13,14). The molecule has 1 aromatic rings. The first-order valence-corrected chi connectivity index (χ1v) is 4.75. The van der Waals surface area contributed by atoms with E-state index in [-0.39, 0.29) is 5.41 Å². The number of amides is 1. The lowest BCUT2D eigenvalue weighted by Crippen LogP contribution is -2.15. The van der Waals surface area contributed by atoms with E-state index in [0.29, 0.717) is 5.82 Å². The third kappa shape index (κ3) is 3.23. The fraction of sp³-hybridized carbons (Fsp3) is 0.455. The van der Waals surface area contributed by atoms with Gasteiger partial charge in [0, 0.05) is 6.20 Å². The highest BCUT2D eigenvalue weighted by molar-refractivity contribution is 5.83. The highest BCUT2D eigenvalue weighted by atomic mass is 16.5. The Morgan fingerprint density at radius 2 is 2.13 bits per heavy atom. The van der Waals surface area contributed by atoms with E-state index < -0.39 is 6.09 Å². The zero-order valence-corrected chi connectivity index (χ0v) is 9.50. The normalized spacial score (nSPS) is 10.9. The molecular formula is C11H16N2O2. The summed E-state index contributed by atoms with van der Waals surface area (Å²) >= 11 is 0. The van der Waals surface area contributed by atoms with Gasteiger partial charge in [-0.05, 0) is 23.1 Å². The Kier molecular flexibility index (Phi) is 3.29. The van der Waals surface area contributed by atoms with E-state index in [1.54, 1.807) is 6.20 Å². The molecule has 0 saturated carbocycles. The van der Waals surface area contributed by atoms with Crippen LogP contribution in [0.25, 0.3) is 0 Å². The van der Waals surface area contributed by atoms with Gasteiger partial charge in [-0.15, -0.1) is 0 Å². The molecule has 1 amide bonds. The summed E-state index contributed by atoms with van der Waals surface area (Å²) in [5.41, 5.74) is 1.15. The van der Waals surface area contributed by atoms with Gasteiger partial charge in [0.25, 0.3) is 0 Å². The minimum atomic E-state index is -0.506. The van der Waals surface area contributed by atoms with Crippen LogP contribution in [0.2, 0.25) is 0 Å². The lowest BCUT2D eigenvalue weighted by Gasteiger charge is -2.19. The molecule has 0 unspecified atom stereocenters. The molecule has 82 valence electrons. The number of carbonyl (C=O) groups is 1. The zero-order valence-electron chi connectivity index (χ0n) is 9.50. The van der Waals surface area contributed by atoms with E-state index in [0.717, 1.165) is 5.56 Å². The predicted octanol–water partition coefficient (Wildman–Crippen LogP) is 2.56. The quantitative estimate of drug-likeness (QED) is 0.771. The Morgan fingerprint density at radius 1 is 1.47 bits per heavy atom. The maximum atomic E-state index is 11.0. The molecule has 0 bridgehead atoms. The SMILES string of the molecule is COC(=O)Nc1cc(C(C)(C)C)ccn1. The van der Waals surface area contributed by atoms with E-state index in [1.807, 2.05) is 12.1 Å². The number of rotatable bonds is 1. The minimum Gasteiger partial charge on any atom is -0.453 e. The largest absolute Gasteiger partial charge is 0.453 e. The average molecular weight is 208 g/mol. The lowest BCUT2D eigenvalue weighted by molar-refractivity contribution is 0.187. The number of anilines is 1. The van der Waals surface area contributed by atoms with Crippen molar-refractivity contribution in [3.63, 3.8) is 0 Å². The molecule has 15 heavy (non-hydrogen) atoms. The second kappa shape index (κ2) is 4.29. The van der Waals surface area contributed by atoms with Gasteiger partial charge in [-0.3, -0.25) is 5.32 Å². The third-order valence-electron chi connectivity index (χ3n) is 2.04. The molecule has 0 saturated heterocycles. The van der Waals surface area contributed by atoms with E-state index in [1.165, 1.54) is 7.11 Å². The van der Waals surface area contributed by atoms with Gasteiger partial charge >= 0.3 is 6.09 Å². The molecule has 1 heterocycles. The first kappa shape index (κ1) is 11.5. The van der Waals surface area contributed by atoms with E-state index >= 15 is 0 Å². The predicted molar refractivity (Wildman–Crippen MR) is 59.0 cm³/mol. The topological polar surface area (TPSA) is 51.2 Å². The van der Waals surface area contributed by atoms with Gasteiger partial charge in [-0.2, -0.15) is 0 Å². The number of nitrogens with zero attached hydrogens (tertiary/aromatic N) is 1. The summed E-state index contributed by atoms with van der Waals surface area (Å²) < 4.78 is 4.49. The van der Waals surface area contributed by atoms with Crippen molar-refractivity contribution in [2.75, 3.05) is 12.4 Å². The van der Waals surface area contributed by atoms with Crippen LogP contribution in [0, 0.1) is 0 Å². The van der Waals surface area contributed by atoms with Crippen LogP contribution in [0.3, 0.4) is 0 Å². The Bertz CT molecular complexity index is 356. The number of nitrogens with one attached hydrogen (secondary N) is 1. The van der Waals surface area contributed by atoms with Gasteiger partial charge in [0.05, 0.1) is 7.11 Å². The number of hydrogen-bond acceptors (Lipinski definition) is 3. The Balaban J connectivity index is 2.88. The first-order chi connectivity index (χ1) is 6.93. The number of methoxy groups -OCH3 is 1. The van der Waals surface area contributed by atoms with Crippen molar-refractivity contribution in [2.45, 2.75) is 26.2 Å².